The Hall–Kier alpha value is -0.362. The van der Waals surface area contributed by atoms with Crippen LogP contribution < -0.4 is 40.4 Å². The van der Waals surface area contributed by atoms with E-state index in [1.807, 2.05) is 0 Å². The maximum Gasteiger partial charge on any atom is 4.00 e. The molecule has 2 aromatic rings. The molecule has 0 aliphatic heterocycles. The van der Waals surface area contributed by atoms with E-state index in [9.17, 15) is 20.4 Å². The van der Waals surface area contributed by atoms with Gasteiger partial charge in [-0.1, -0.05) is 60.4 Å². The number of aliphatic hydroxyl groups excluding tert-OH is 2. The van der Waals surface area contributed by atoms with E-state index < -0.39 is 34.0 Å². The Morgan fingerprint density at radius 1 is 0.452 bits per heavy atom. The fraction of sp³-hybridized carbons (Fsp3) is 0.647. The van der Waals surface area contributed by atoms with Gasteiger partial charge in [-0.2, -0.15) is 0 Å². The molecule has 28 heteroatoms. The van der Waals surface area contributed by atoms with Gasteiger partial charge in [0.1, 0.15) is 0 Å². The predicted molar refractivity (Wildman–Crippen MR) is 190 cm³/mol. The number of hydrogen-bond donors (Lipinski definition) is 4. The zero-order valence-electron chi connectivity index (χ0n) is 36.6. The van der Waals surface area contributed by atoms with Crippen LogP contribution in [0.15, 0.2) is 24.3 Å². The Balaban J connectivity index is -0.0000000363. The van der Waals surface area contributed by atoms with Crippen molar-refractivity contribution >= 4 is 20.8 Å². The molecule has 0 spiro atoms. The van der Waals surface area contributed by atoms with Gasteiger partial charge in [0.2, 0.25) is 0 Å². The van der Waals surface area contributed by atoms with Crippen LogP contribution in [0.25, 0.3) is 0 Å². The summed E-state index contributed by atoms with van der Waals surface area (Å²) in [6.07, 6.45) is 0. The Bertz CT molecular complexity index is 1200. The van der Waals surface area contributed by atoms with Gasteiger partial charge in [-0.15, -0.1) is 37.9 Å². The van der Waals surface area contributed by atoms with Crippen LogP contribution in [0.1, 0.15) is 88.8 Å². The first kappa shape index (κ1) is 99.9. The van der Waals surface area contributed by atoms with E-state index in [0.717, 1.165) is 11.1 Å². The normalized spacial score (nSPS) is 8.74. The maximum absolute atomic E-state index is 11.2. The van der Waals surface area contributed by atoms with Crippen LogP contribution in [-0.4, -0.2) is 97.7 Å². The van der Waals surface area contributed by atoms with Crippen molar-refractivity contribution < 1.29 is 182 Å². The molecule has 0 fully saturated rings. The molecule has 0 aromatic heterocycles. The molecule has 360 valence electrons. The van der Waals surface area contributed by atoms with E-state index in [-0.39, 0.29) is 145 Å². The van der Waals surface area contributed by atoms with Crippen molar-refractivity contribution in [2.45, 2.75) is 95.7 Å². The Labute approximate surface area is 417 Å². The quantitative estimate of drug-likeness (QED) is 0.127. The van der Waals surface area contributed by atoms with Gasteiger partial charge in [-0.25, -0.2) is 0 Å². The first-order chi connectivity index (χ1) is 24.9. The van der Waals surface area contributed by atoms with Crippen molar-refractivity contribution in [3.05, 3.63) is 57.6 Å². The molecule has 0 amide bonds. The fourth-order valence-electron chi connectivity index (χ4n) is 3.81. The Kier molecular flexibility index (Phi) is 105. The van der Waals surface area contributed by atoms with Gasteiger partial charge in [0.25, 0.3) is 0 Å². The molecule has 22 nitrogen and oxygen atoms in total. The number of nitrogens with one attached hydrogen (secondary N) is 2. The van der Waals surface area contributed by atoms with Crippen molar-refractivity contribution in [1.29, 1.82) is 0 Å². The van der Waals surface area contributed by atoms with Gasteiger partial charge in [-0.3, -0.25) is 16.8 Å². The third-order valence-corrected chi connectivity index (χ3v) is 6.43. The number of aliphatic hydroxyl groups is 2. The topological polar surface area (TPSA) is 462 Å². The van der Waals surface area contributed by atoms with Crippen LogP contribution in [0, 0.1) is 13.8 Å². The van der Waals surface area contributed by atoms with Crippen molar-refractivity contribution in [3.8, 4) is 11.5 Å². The SMILES string of the molecule is CC[NH+](CC)CC.CC[NH+](CC)CC.CC[O-].CC[O-].Cc1cc(C[O-])c([O-])c(CO)c1.Cc1cc(C[O-])c([O-])c(CO)c1.O=S(=O)([O-])[O-].O=S(=O)([O-])[O-].[O-2].[O-2].[O-2].[O-2].[V+4].[V+4].[V+4].[V+4]. The average Bonchev–Trinajstić information content (AvgIpc) is 3.08. The van der Waals surface area contributed by atoms with Crippen LogP contribution in [0.5, 0.6) is 11.5 Å². The molecule has 62 heavy (non-hydrogen) atoms. The van der Waals surface area contributed by atoms with Crippen molar-refractivity contribution in [2.75, 3.05) is 52.5 Å². The van der Waals surface area contributed by atoms with Gasteiger partial charge in [0, 0.05) is 20.8 Å². The molecule has 4 N–H and O–H groups in total. The van der Waals surface area contributed by atoms with Crippen LogP contribution in [-0.2, 0) is 143 Å². The summed E-state index contributed by atoms with van der Waals surface area (Å²) >= 11 is 0. The van der Waals surface area contributed by atoms with E-state index in [0.29, 0.717) is 11.1 Å². The van der Waals surface area contributed by atoms with E-state index in [1.165, 1.54) is 39.3 Å². The minimum atomic E-state index is -5.17. The number of benzene rings is 2. The number of quaternary nitrogens is 2. The molecule has 0 atom stereocenters. The molecule has 0 aliphatic rings. The number of aryl methyl sites for hydroxylation is 2. The van der Waals surface area contributed by atoms with Gasteiger partial charge < -0.3 is 90.8 Å². The molecular weight excluding hydrogens is 1020 g/mol. The van der Waals surface area contributed by atoms with Crippen molar-refractivity contribution in [2.24, 2.45) is 0 Å². The second-order valence-corrected chi connectivity index (χ2v) is 12.1. The number of rotatable bonds is 10. The molecule has 4 radical (unpaired) electrons. The summed E-state index contributed by atoms with van der Waals surface area (Å²) in [6, 6.07) is 6.33. The minimum absolute atomic E-state index is 0. The Morgan fingerprint density at radius 2 is 0.597 bits per heavy atom. The zero-order valence-corrected chi connectivity index (χ0v) is 43.9. The molecule has 2 rings (SSSR count). The standard InChI is InChI=1S/2C9H11O3.2C6H15N.2C2H5O.2H2O4S.4O.4V/c2*1-6-2-7(4-10)9(12)8(3-6)5-11;2*1-4-7(5-2)6-3;2*1-2-3;2*1-5(2,3)4;;;;;;;;/h2*2-3,10,12H,4-5H2,1H3;2*4-6H2,1-3H3;2*2H2,1H3;2*(H2,1,2,3,4);;;;;;;;/q2*-1;;;2*-1;;;4*-2;4*+4/p-4. The summed E-state index contributed by atoms with van der Waals surface area (Å²) in [5.74, 6) is -0.642. The summed E-state index contributed by atoms with van der Waals surface area (Å²) in [5.41, 5.74) is 2.76. The van der Waals surface area contributed by atoms with E-state index >= 15 is 0 Å². The van der Waals surface area contributed by atoms with Gasteiger partial charge in [-0.05, 0) is 66.5 Å². The molecular formula is C34H62N2O20S2V4. The second-order valence-electron chi connectivity index (χ2n) is 10.4. The van der Waals surface area contributed by atoms with Crippen LogP contribution in [0.4, 0.5) is 0 Å². The van der Waals surface area contributed by atoms with Gasteiger partial charge in [0.05, 0.1) is 52.5 Å². The molecule has 0 saturated carbocycles. The van der Waals surface area contributed by atoms with Gasteiger partial charge in [0.15, 0.2) is 0 Å². The largest absolute Gasteiger partial charge is 4.00 e. The second kappa shape index (κ2) is 64.9. The third kappa shape index (κ3) is 76.9. The maximum atomic E-state index is 11.2. The third-order valence-electron chi connectivity index (χ3n) is 6.43. The summed E-state index contributed by atoms with van der Waals surface area (Å²) in [7, 11) is -10.3. The first-order valence-corrected chi connectivity index (χ1v) is 19.7. The van der Waals surface area contributed by atoms with Crippen LogP contribution in [0.3, 0.4) is 0 Å². The predicted octanol–water partition coefficient (Wildman–Crippen LogP) is -5.72. The average molecular weight is 1090 g/mol. The van der Waals surface area contributed by atoms with Crippen molar-refractivity contribution in [3.63, 3.8) is 0 Å². The molecule has 0 bridgehead atoms. The summed E-state index contributed by atoms with van der Waals surface area (Å²) in [4.78, 5) is 3.36. The summed E-state index contributed by atoms with van der Waals surface area (Å²) in [6.45, 7) is 26.1. The minimum Gasteiger partial charge on any atom is -2.00 e. The summed E-state index contributed by atoms with van der Waals surface area (Å²) < 4.78 is 68.2. The fourth-order valence-corrected chi connectivity index (χ4v) is 3.81. The zero-order chi connectivity index (χ0) is 44.1. The molecule has 0 unspecified atom stereocenters. The summed E-state index contributed by atoms with van der Waals surface area (Å²) in [5, 5.41) is 78.8. The first-order valence-electron chi connectivity index (χ1n) is 17.0. The monoisotopic (exact) mass is 1090 g/mol. The van der Waals surface area contributed by atoms with Crippen molar-refractivity contribution in [1.82, 2.24) is 0 Å². The molecule has 0 saturated heterocycles. The van der Waals surface area contributed by atoms with Crippen LogP contribution >= 0.6 is 0 Å². The van der Waals surface area contributed by atoms with E-state index in [1.54, 1.807) is 61.8 Å². The molecule has 2 aromatic carbocycles. The van der Waals surface area contributed by atoms with Crippen LogP contribution in [0.2, 0.25) is 0 Å². The number of hydrogen-bond acceptors (Lipinski definition) is 16. The molecule has 0 aliphatic carbocycles. The smallest absolute Gasteiger partial charge is 2.00 e. The van der Waals surface area contributed by atoms with E-state index in [2.05, 4.69) is 41.5 Å². The van der Waals surface area contributed by atoms with Gasteiger partial charge >= 0.3 is 74.2 Å². The molecule has 0 heterocycles. The Morgan fingerprint density at radius 3 is 0.694 bits per heavy atom. The van der Waals surface area contributed by atoms with E-state index in [4.69, 9.17) is 55.5 Å².